The number of likely N-dealkylation sites (tertiary alicyclic amines) is 1. The lowest BCUT2D eigenvalue weighted by Gasteiger charge is -2.32. The standard InChI is InChI=1S/C32H35F3N2O2/c1-23-30-20-27(21-36-18-16-25(17-19-36)9-5-8-24-6-3-2-4-7-24)12-15-29(30)31(38)37(23)22-26-10-13-28(14-11-26)39-32(33,34)35/h2-4,6-7,10-15,20,23,25H,5,8-9,16-19,21-22H2,1H3. The van der Waals surface area contributed by atoms with E-state index in [1.165, 1.54) is 48.9 Å². The monoisotopic (exact) mass is 536 g/mol. The zero-order chi connectivity index (χ0) is 27.4. The molecule has 0 aromatic heterocycles. The van der Waals surface area contributed by atoms with Gasteiger partial charge in [0.05, 0.1) is 6.04 Å². The summed E-state index contributed by atoms with van der Waals surface area (Å²) in [6, 6.07) is 22.5. The zero-order valence-corrected chi connectivity index (χ0v) is 22.3. The number of alkyl halides is 3. The van der Waals surface area contributed by atoms with Crippen LogP contribution in [0.15, 0.2) is 72.8 Å². The second kappa shape index (κ2) is 11.8. The highest BCUT2D eigenvalue weighted by Gasteiger charge is 2.34. The van der Waals surface area contributed by atoms with E-state index in [2.05, 4.69) is 52.1 Å². The maximum atomic E-state index is 13.1. The van der Waals surface area contributed by atoms with Crippen molar-refractivity contribution in [2.45, 2.75) is 64.5 Å². The number of nitrogens with zero attached hydrogens (tertiary/aromatic N) is 2. The first-order chi connectivity index (χ1) is 18.7. The molecule has 1 fully saturated rings. The summed E-state index contributed by atoms with van der Waals surface area (Å²) in [6.45, 7) is 5.42. The normalized spacial score (nSPS) is 18.4. The predicted octanol–water partition coefficient (Wildman–Crippen LogP) is 7.54. The molecule has 5 rings (SSSR count). The first kappa shape index (κ1) is 27.3. The van der Waals surface area contributed by atoms with Gasteiger partial charge < -0.3 is 9.64 Å². The lowest BCUT2D eigenvalue weighted by atomic mass is 9.90. The van der Waals surface area contributed by atoms with Gasteiger partial charge in [-0.25, -0.2) is 0 Å². The predicted molar refractivity (Wildman–Crippen MR) is 145 cm³/mol. The molecular formula is C32H35F3N2O2. The van der Waals surface area contributed by atoms with Crippen LogP contribution in [0.1, 0.15) is 71.3 Å². The number of fused-ring (bicyclic) bond motifs is 1. The Morgan fingerprint density at radius 2 is 1.56 bits per heavy atom. The minimum absolute atomic E-state index is 0.0454. The third-order valence-electron chi connectivity index (χ3n) is 8.07. The smallest absolute Gasteiger partial charge is 0.406 e. The summed E-state index contributed by atoms with van der Waals surface area (Å²) >= 11 is 0. The number of amides is 1. The van der Waals surface area contributed by atoms with Gasteiger partial charge in [0.1, 0.15) is 5.75 Å². The van der Waals surface area contributed by atoms with Crippen molar-refractivity contribution >= 4 is 5.91 Å². The Balaban J connectivity index is 1.12. The van der Waals surface area contributed by atoms with Crippen LogP contribution in [0.3, 0.4) is 0 Å². The molecule has 7 heteroatoms. The van der Waals surface area contributed by atoms with Crippen molar-refractivity contribution in [3.05, 3.63) is 101 Å². The minimum Gasteiger partial charge on any atom is -0.406 e. The Kier molecular flexibility index (Phi) is 8.26. The minimum atomic E-state index is -4.72. The number of hydrogen-bond acceptors (Lipinski definition) is 3. The van der Waals surface area contributed by atoms with E-state index in [4.69, 9.17) is 0 Å². The molecule has 1 atom stereocenters. The summed E-state index contributed by atoms with van der Waals surface area (Å²) in [7, 11) is 0. The number of ether oxygens (including phenoxy) is 1. The summed E-state index contributed by atoms with van der Waals surface area (Å²) in [5, 5.41) is 0. The van der Waals surface area contributed by atoms with Crippen LogP contribution in [0.2, 0.25) is 0 Å². The number of halogens is 3. The van der Waals surface area contributed by atoms with E-state index in [1.54, 1.807) is 17.0 Å². The van der Waals surface area contributed by atoms with Gasteiger partial charge in [-0.3, -0.25) is 9.69 Å². The van der Waals surface area contributed by atoms with E-state index in [9.17, 15) is 18.0 Å². The topological polar surface area (TPSA) is 32.8 Å². The Bertz CT molecular complexity index is 1250. The summed E-state index contributed by atoms with van der Waals surface area (Å²) in [5.74, 6) is 0.484. The van der Waals surface area contributed by atoms with Crippen LogP contribution in [0.5, 0.6) is 5.75 Å². The number of carbonyl (C=O) groups is 1. The lowest BCUT2D eigenvalue weighted by molar-refractivity contribution is -0.274. The summed E-state index contributed by atoms with van der Waals surface area (Å²) < 4.78 is 41.3. The average Bonchev–Trinajstić information content (AvgIpc) is 3.15. The number of piperidine rings is 1. The number of hydrogen-bond donors (Lipinski definition) is 0. The largest absolute Gasteiger partial charge is 0.573 e. The van der Waals surface area contributed by atoms with E-state index in [0.29, 0.717) is 12.1 Å². The fourth-order valence-electron chi connectivity index (χ4n) is 5.88. The van der Waals surface area contributed by atoms with Crippen molar-refractivity contribution in [1.82, 2.24) is 9.80 Å². The van der Waals surface area contributed by atoms with Crippen molar-refractivity contribution < 1.29 is 22.7 Å². The molecule has 0 spiro atoms. The van der Waals surface area contributed by atoms with Crippen molar-refractivity contribution in [3.8, 4) is 5.75 Å². The molecule has 0 N–H and O–H groups in total. The maximum absolute atomic E-state index is 13.1. The first-order valence-corrected chi connectivity index (χ1v) is 13.8. The van der Waals surface area contributed by atoms with E-state index < -0.39 is 6.36 Å². The van der Waals surface area contributed by atoms with Gasteiger partial charge in [-0.2, -0.15) is 0 Å². The Morgan fingerprint density at radius 1 is 0.872 bits per heavy atom. The SMILES string of the molecule is CC1c2cc(CN3CCC(CCCc4ccccc4)CC3)ccc2C(=O)N1Cc1ccc(OC(F)(F)F)cc1. The van der Waals surface area contributed by atoms with Gasteiger partial charge in [0, 0.05) is 18.7 Å². The molecule has 1 amide bonds. The Labute approximate surface area is 228 Å². The quantitative estimate of drug-likeness (QED) is 0.283. The molecule has 0 saturated carbocycles. The van der Waals surface area contributed by atoms with Crippen LogP contribution in [-0.4, -0.2) is 35.2 Å². The molecule has 1 unspecified atom stereocenters. The summed E-state index contributed by atoms with van der Waals surface area (Å²) in [4.78, 5) is 17.4. The van der Waals surface area contributed by atoms with Gasteiger partial charge >= 0.3 is 6.36 Å². The molecule has 3 aromatic carbocycles. The van der Waals surface area contributed by atoms with Crippen molar-refractivity contribution in [2.24, 2.45) is 5.92 Å². The van der Waals surface area contributed by atoms with Gasteiger partial charge in [-0.1, -0.05) is 61.0 Å². The molecule has 2 heterocycles. The average molecular weight is 537 g/mol. The van der Waals surface area contributed by atoms with E-state index in [-0.39, 0.29) is 17.7 Å². The van der Waals surface area contributed by atoms with Crippen molar-refractivity contribution in [3.63, 3.8) is 0 Å². The van der Waals surface area contributed by atoms with Crippen molar-refractivity contribution in [1.29, 1.82) is 0 Å². The Morgan fingerprint density at radius 3 is 2.26 bits per heavy atom. The molecule has 3 aromatic rings. The van der Waals surface area contributed by atoms with Gasteiger partial charge in [0.15, 0.2) is 0 Å². The van der Waals surface area contributed by atoms with Crippen LogP contribution in [0.4, 0.5) is 13.2 Å². The molecule has 2 aliphatic rings. The Hall–Kier alpha value is -3.32. The highest BCUT2D eigenvalue weighted by Crippen LogP contribution is 2.36. The third-order valence-corrected chi connectivity index (χ3v) is 8.07. The second-order valence-corrected chi connectivity index (χ2v) is 10.8. The zero-order valence-electron chi connectivity index (χ0n) is 22.3. The van der Waals surface area contributed by atoms with Gasteiger partial charge in [0.25, 0.3) is 5.91 Å². The van der Waals surface area contributed by atoms with Crippen LogP contribution in [-0.2, 0) is 19.5 Å². The van der Waals surface area contributed by atoms with Gasteiger partial charge in [0.2, 0.25) is 0 Å². The third kappa shape index (κ3) is 7.01. The molecule has 1 saturated heterocycles. The van der Waals surface area contributed by atoms with Crippen LogP contribution in [0.25, 0.3) is 0 Å². The van der Waals surface area contributed by atoms with E-state index in [1.807, 2.05) is 13.0 Å². The van der Waals surface area contributed by atoms with Crippen LogP contribution < -0.4 is 4.74 Å². The second-order valence-electron chi connectivity index (χ2n) is 10.8. The molecule has 39 heavy (non-hydrogen) atoms. The molecule has 0 radical (unpaired) electrons. The highest BCUT2D eigenvalue weighted by molar-refractivity contribution is 5.99. The fraction of sp³-hybridized carbons (Fsp3) is 0.406. The molecule has 2 aliphatic heterocycles. The first-order valence-electron chi connectivity index (χ1n) is 13.8. The summed E-state index contributed by atoms with van der Waals surface area (Å²) in [6.07, 6.45) is 1.42. The number of rotatable bonds is 9. The molecule has 4 nitrogen and oxygen atoms in total. The molecule has 0 aliphatic carbocycles. The fourth-order valence-corrected chi connectivity index (χ4v) is 5.88. The number of carbonyl (C=O) groups excluding carboxylic acids is 1. The van der Waals surface area contributed by atoms with Gasteiger partial charge in [-0.05, 0) is 92.1 Å². The molecular weight excluding hydrogens is 501 g/mol. The number of benzene rings is 3. The van der Waals surface area contributed by atoms with Crippen molar-refractivity contribution in [2.75, 3.05) is 13.1 Å². The van der Waals surface area contributed by atoms with E-state index >= 15 is 0 Å². The van der Waals surface area contributed by atoms with Crippen LogP contribution >= 0.6 is 0 Å². The van der Waals surface area contributed by atoms with Crippen LogP contribution in [0, 0.1) is 5.92 Å². The highest BCUT2D eigenvalue weighted by atomic mass is 19.4. The van der Waals surface area contributed by atoms with E-state index in [0.717, 1.165) is 43.1 Å². The maximum Gasteiger partial charge on any atom is 0.573 e. The molecule has 0 bridgehead atoms. The van der Waals surface area contributed by atoms with Gasteiger partial charge in [-0.15, -0.1) is 13.2 Å². The summed E-state index contributed by atoms with van der Waals surface area (Å²) in [5.41, 5.74) is 5.12. The lowest BCUT2D eigenvalue weighted by Crippen LogP contribution is -2.33. The molecule has 206 valence electrons. The number of aryl methyl sites for hydroxylation is 1.